The number of benzene rings is 1. The van der Waals surface area contributed by atoms with Crippen LogP contribution in [-0.4, -0.2) is 62.9 Å². The number of aliphatic hydroxyl groups is 1. The van der Waals surface area contributed by atoms with E-state index >= 15 is 0 Å². The highest BCUT2D eigenvalue weighted by atomic mass is 16.5. The predicted molar refractivity (Wildman–Crippen MR) is 103 cm³/mol. The zero-order valence-electron chi connectivity index (χ0n) is 16.1. The highest BCUT2D eigenvalue weighted by molar-refractivity contribution is 5.75. The van der Waals surface area contributed by atoms with Crippen molar-refractivity contribution in [3.05, 3.63) is 42.2 Å². The maximum absolute atomic E-state index is 12.9. The van der Waals surface area contributed by atoms with Crippen LogP contribution < -0.4 is 5.32 Å². The van der Waals surface area contributed by atoms with E-state index in [0.717, 1.165) is 30.7 Å². The summed E-state index contributed by atoms with van der Waals surface area (Å²) in [6.45, 7) is 3.80. The molecule has 8 nitrogen and oxygen atoms in total. The van der Waals surface area contributed by atoms with Gasteiger partial charge in [-0.25, -0.2) is 9.48 Å². The Morgan fingerprint density at radius 1 is 1.36 bits per heavy atom. The number of aliphatic hydroxyl groups excluding tert-OH is 1. The number of nitrogens with zero attached hydrogens (tertiary/aromatic N) is 4. The molecule has 2 aliphatic heterocycles. The molecule has 0 bridgehead atoms. The number of ether oxygens (including phenoxy) is 1. The molecular formula is C20H27N5O3. The number of carbonyl (C=O) groups is 1. The van der Waals surface area contributed by atoms with Gasteiger partial charge in [-0.2, -0.15) is 0 Å². The van der Waals surface area contributed by atoms with Gasteiger partial charge in [0.1, 0.15) is 0 Å². The van der Waals surface area contributed by atoms with Crippen molar-refractivity contribution in [2.75, 3.05) is 19.8 Å². The molecule has 0 saturated carbocycles. The molecule has 0 spiro atoms. The normalized spacial score (nSPS) is 26.2. The lowest BCUT2D eigenvalue weighted by atomic mass is 9.92. The van der Waals surface area contributed by atoms with Gasteiger partial charge in [-0.3, -0.25) is 0 Å². The van der Waals surface area contributed by atoms with E-state index in [2.05, 4.69) is 15.6 Å². The molecular weight excluding hydrogens is 358 g/mol. The molecule has 1 aromatic heterocycles. The van der Waals surface area contributed by atoms with Gasteiger partial charge in [0.05, 0.1) is 36.8 Å². The van der Waals surface area contributed by atoms with E-state index in [1.54, 1.807) is 22.0 Å². The average Bonchev–Trinajstić information content (AvgIpc) is 3.38. The number of hydrogen-bond acceptors (Lipinski definition) is 5. The molecule has 3 heterocycles. The number of hydrogen-bond donors (Lipinski definition) is 2. The van der Waals surface area contributed by atoms with Gasteiger partial charge >= 0.3 is 6.03 Å². The van der Waals surface area contributed by atoms with E-state index in [1.165, 1.54) is 0 Å². The van der Waals surface area contributed by atoms with Crippen LogP contribution in [0.2, 0.25) is 0 Å². The Kier molecular flexibility index (Phi) is 5.59. The molecule has 0 aliphatic carbocycles. The minimum Gasteiger partial charge on any atom is -0.391 e. The van der Waals surface area contributed by atoms with Gasteiger partial charge in [0.25, 0.3) is 0 Å². The maximum Gasteiger partial charge on any atom is 0.318 e. The second-order valence-electron chi connectivity index (χ2n) is 7.70. The summed E-state index contributed by atoms with van der Waals surface area (Å²) in [5, 5.41) is 21.0. The number of rotatable bonds is 4. The molecule has 2 aromatic rings. The fourth-order valence-corrected chi connectivity index (χ4v) is 4.21. The summed E-state index contributed by atoms with van der Waals surface area (Å²) in [6.07, 6.45) is 5.64. The highest BCUT2D eigenvalue weighted by Crippen LogP contribution is 2.30. The second-order valence-corrected chi connectivity index (χ2v) is 7.70. The molecule has 150 valence electrons. The molecule has 1 aromatic carbocycles. The Labute approximate surface area is 164 Å². The summed E-state index contributed by atoms with van der Waals surface area (Å²) >= 11 is 0. The Morgan fingerprint density at radius 3 is 2.86 bits per heavy atom. The Bertz CT molecular complexity index is 774. The van der Waals surface area contributed by atoms with Crippen molar-refractivity contribution in [1.82, 2.24) is 25.2 Å². The number of β-amino-alcohol motifs (C(OH)–C–C–N with tert-alkyl or cyclic N) is 1. The molecule has 0 radical (unpaired) electrons. The number of urea groups is 1. The van der Waals surface area contributed by atoms with E-state index in [-0.39, 0.29) is 18.1 Å². The molecule has 8 heteroatoms. The van der Waals surface area contributed by atoms with Gasteiger partial charge in [-0.1, -0.05) is 17.3 Å². The van der Waals surface area contributed by atoms with Gasteiger partial charge in [-0.05, 0) is 43.9 Å². The van der Waals surface area contributed by atoms with Crippen LogP contribution >= 0.6 is 0 Å². The number of carbonyl (C=O) groups excluding carboxylic acids is 1. The van der Waals surface area contributed by atoms with Crippen molar-refractivity contribution in [1.29, 1.82) is 0 Å². The highest BCUT2D eigenvalue weighted by Gasteiger charge is 2.40. The third-order valence-corrected chi connectivity index (χ3v) is 5.74. The lowest BCUT2D eigenvalue weighted by Crippen LogP contribution is -2.48. The van der Waals surface area contributed by atoms with Crippen LogP contribution in [0.4, 0.5) is 4.79 Å². The topological polar surface area (TPSA) is 92.5 Å². The smallest absolute Gasteiger partial charge is 0.318 e. The number of nitrogens with one attached hydrogen (secondary N) is 1. The van der Waals surface area contributed by atoms with Crippen molar-refractivity contribution in [2.45, 2.75) is 44.4 Å². The van der Waals surface area contributed by atoms with Crippen LogP contribution in [0, 0.1) is 5.92 Å². The lowest BCUT2D eigenvalue weighted by molar-refractivity contribution is 0.0258. The molecule has 2 N–H and O–H groups in total. The third-order valence-electron chi connectivity index (χ3n) is 5.74. The van der Waals surface area contributed by atoms with Gasteiger partial charge in [0.15, 0.2) is 0 Å². The molecule has 4 atom stereocenters. The fourth-order valence-electron chi connectivity index (χ4n) is 4.21. The van der Waals surface area contributed by atoms with E-state index in [9.17, 15) is 9.90 Å². The van der Waals surface area contributed by atoms with Gasteiger partial charge in [0.2, 0.25) is 0 Å². The summed E-state index contributed by atoms with van der Waals surface area (Å²) in [5.41, 5.74) is 1.93. The van der Waals surface area contributed by atoms with E-state index < -0.39 is 6.10 Å². The predicted octanol–water partition coefficient (Wildman–Crippen LogP) is 1.90. The minimum atomic E-state index is -0.463. The zero-order valence-corrected chi connectivity index (χ0v) is 16.1. The zero-order chi connectivity index (χ0) is 19.5. The van der Waals surface area contributed by atoms with Crippen LogP contribution in [0.25, 0.3) is 5.69 Å². The van der Waals surface area contributed by atoms with E-state index in [1.807, 2.05) is 31.2 Å². The maximum atomic E-state index is 12.9. The summed E-state index contributed by atoms with van der Waals surface area (Å²) in [4.78, 5) is 14.7. The Morgan fingerprint density at radius 2 is 2.18 bits per heavy atom. The molecule has 28 heavy (non-hydrogen) atoms. The monoisotopic (exact) mass is 385 g/mol. The van der Waals surface area contributed by atoms with Gasteiger partial charge in [0, 0.05) is 25.1 Å². The molecule has 4 unspecified atom stereocenters. The van der Waals surface area contributed by atoms with E-state index in [0.29, 0.717) is 25.5 Å². The third kappa shape index (κ3) is 4.02. The molecule has 2 saturated heterocycles. The quantitative estimate of drug-likeness (QED) is 0.839. The molecule has 2 aliphatic rings. The summed E-state index contributed by atoms with van der Waals surface area (Å²) in [5.74, 6) is 0.300. The van der Waals surface area contributed by atoms with Crippen molar-refractivity contribution in [3.8, 4) is 5.69 Å². The lowest BCUT2D eigenvalue weighted by Gasteiger charge is -2.34. The first-order valence-corrected chi connectivity index (χ1v) is 9.91. The first-order valence-electron chi connectivity index (χ1n) is 9.91. The second kappa shape index (κ2) is 8.28. The van der Waals surface area contributed by atoms with Crippen LogP contribution in [0.1, 0.15) is 37.8 Å². The van der Waals surface area contributed by atoms with Crippen molar-refractivity contribution in [3.63, 3.8) is 0 Å². The summed E-state index contributed by atoms with van der Waals surface area (Å²) in [7, 11) is 0. The van der Waals surface area contributed by atoms with Crippen LogP contribution in [0.3, 0.4) is 0 Å². The first-order chi connectivity index (χ1) is 13.6. The van der Waals surface area contributed by atoms with Crippen LogP contribution in [0.15, 0.2) is 36.7 Å². The molecule has 2 fully saturated rings. The molecule has 2 amide bonds. The van der Waals surface area contributed by atoms with Crippen LogP contribution in [-0.2, 0) is 4.74 Å². The Balaban J connectivity index is 1.40. The van der Waals surface area contributed by atoms with Crippen molar-refractivity contribution in [2.24, 2.45) is 5.92 Å². The largest absolute Gasteiger partial charge is 0.391 e. The van der Waals surface area contributed by atoms with Gasteiger partial charge < -0.3 is 20.1 Å². The standard InChI is InChI=1S/C20H27N5O3/c1-14(15-4-6-17(7-5-15)25-9-8-21-23-25)22-20(27)24-12-18(26)11-19(24)16-3-2-10-28-13-16/h4-9,14,16,18-19,26H,2-3,10-13H2,1H3,(H,22,27). The number of aromatic nitrogens is 3. The van der Waals surface area contributed by atoms with Crippen molar-refractivity contribution >= 4 is 6.03 Å². The number of amides is 2. The first kappa shape index (κ1) is 18.9. The fraction of sp³-hybridized carbons (Fsp3) is 0.550. The van der Waals surface area contributed by atoms with E-state index in [4.69, 9.17) is 4.74 Å². The molecule has 4 rings (SSSR count). The number of likely N-dealkylation sites (tertiary alicyclic amines) is 1. The summed E-state index contributed by atoms with van der Waals surface area (Å²) < 4.78 is 7.29. The van der Waals surface area contributed by atoms with Crippen molar-refractivity contribution < 1.29 is 14.6 Å². The SMILES string of the molecule is CC(NC(=O)N1CC(O)CC1C1CCCOC1)c1ccc(-n2ccnn2)cc1. The average molecular weight is 385 g/mol. The minimum absolute atomic E-state index is 0.0391. The Hall–Kier alpha value is -2.45. The van der Waals surface area contributed by atoms with Crippen LogP contribution in [0.5, 0.6) is 0 Å². The van der Waals surface area contributed by atoms with Gasteiger partial charge in [-0.15, -0.1) is 5.10 Å². The summed E-state index contributed by atoms with van der Waals surface area (Å²) in [6, 6.07) is 7.64.